The topological polar surface area (TPSA) is 51.2 Å². The van der Waals surface area contributed by atoms with Gasteiger partial charge < -0.3 is 4.74 Å². The maximum atomic E-state index is 13.6. The van der Waals surface area contributed by atoms with Crippen LogP contribution in [0.5, 0.6) is 5.75 Å². The van der Waals surface area contributed by atoms with Gasteiger partial charge in [-0.1, -0.05) is 42.5 Å². The third kappa shape index (κ3) is 3.78. The molecule has 0 saturated carbocycles. The molecule has 0 aliphatic rings. The van der Waals surface area contributed by atoms with Crippen molar-refractivity contribution in [2.45, 2.75) is 13.0 Å². The molecule has 1 amide bonds. The molecule has 2 aromatic carbocycles. The SMILES string of the molecule is C[C@H](Oc1ccccc1F)C(=O)Nc1nc(-c2ccccc2)cs1. The molecule has 3 rings (SSSR count). The number of halogens is 1. The van der Waals surface area contributed by atoms with Gasteiger partial charge in [0.15, 0.2) is 22.8 Å². The van der Waals surface area contributed by atoms with E-state index in [2.05, 4.69) is 10.3 Å². The number of carbonyl (C=O) groups excluding carboxylic acids is 1. The van der Waals surface area contributed by atoms with Crippen LogP contribution in [-0.4, -0.2) is 17.0 Å². The van der Waals surface area contributed by atoms with Gasteiger partial charge >= 0.3 is 0 Å². The van der Waals surface area contributed by atoms with Gasteiger partial charge in [-0.25, -0.2) is 9.37 Å². The Hall–Kier alpha value is -2.73. The van der Waals surface area contributed by atoms with Crippen LogP contribution in [0.2, 0.25) is 0 Å². The van der Waals surface area contributed by atoms with Crippen molar-refractivity contribution in [3.63, 3.8) is 0 Å². The molecule has 4 nitrogen and oxygen atoms in total. The predicted molar refractivity (Wildman–Crippen MR) is 92.7 cm³/mol. The fourth-order valence-corrected chi connectivity index (χ4v) is 2.79. The van der Waals surface area contributed by atoms with Crippen LogP contribution in [0.15, 0.2) is 60.0 Å². The van der Waals surface area contributed by atoms with E-state index in [1.54, 1.807) is 19.1 Å². The van der Waals surface area contributed by atoms with Crippen LogP contribution in [0.4, 0.5) is 9.52 Å². The summed E-state index contributed by atoms with van der Waals surface area (Å²) in [5, 5.41) is 5.04. The standard InChI is InChI=1S/C18H15FN2O2S/c1-12(23-16-10-6-5-9-14(16)19)17(22)21-18-20-15(11-24-18)13-7-3-2-4-8-13/h2-12H,1H3,(H,20,21,22)/t12-/m0/s1. The number of thiazole rings is 1. The molecule has 1 atom stereocenters. The lowest BCUT2D eigenvalue weighted by atomic mass is 10.2. The van der Waals surface area contributed by atoms with E-state index < -0.39 is 11.9 Å². The molecule has 0 fully saturated rings. The summed E-state index contributed by atoms with van der Waals surface area (Å²) in [7, 11) is 0. The molecule has 0 unspecified atom stereocenters. The van der Waals surface area contributed by atoms with Gasteiger partial charge in [-0.05, 0) is 19.1 Å². The Morgan fingerprint density at radius 3 is 2.62 bits per heavy atom. The maximum Gasteiger partial charge on any atom is 0.266 e. The predicted octanol–water partition coefficient (Wildman–Crippen LogP) is 4.36. The van der Waals surface area contributed by atoms with Crippen molar-refractivity contribution in [3.8, 4) is 17.0 Å². The van der Waals surface area contributed by atoms with Crippen molar-refractivity contribution in [1.82, 2.24) is 4.98 Å². The Kier molecular flexibility index (Phi) is 4.86. The Morgan fingerprint density at radius 2 is 1.88 bits per heavy atom. The Balaban J connectivity index is 1.65. The number of nitrogens with zero attached hydrogens (tertiary/aromatic N) is 1. The van der Waals surface area contributed by atoms with E-state index >= 15 is 0 Å². The van der Waals surface area contributed by atoms with E-state index in [1.165, 1.54) is 23.5 Å². The second-order valence-electron chi connectivity index (χ2n) is 5.08. The third-order valence-electron chi connectivity index (χ3n) is 3.31. The van der Waals surface area contributed by atoms with Crippen molar-refractivity contribution in [3.05, 3.63) is 65.8 Å². The number of rotatable bonds is 5. The van der Waals surface area contributed by atoms with Crippen LogP contribution in [0, 0.1) is 5.82 Å². The van der Waals surface area contributed by atoms with E-state index in [4.69, 9.17) is 4.74 Å². The zero-order valence-corrected chi connectivity index (χ0v) is 13.7. The zero-order valence-electron chi connectivity index (χ0n) is 12.9. The number of ether oxygens (including phenoxy) is 1. The number of hydrogen-bond donors (Lipinski definition) is 1. The van der Waals surface area contributed by atoms with E-state index in [-0.39, 0.29) is 11.7 Å². The quantitative estimate of drug-likeness (QED) is 0.750. The minimum Gasteiger partial charge on any atom is -0.478 e. The van der Waals surface area contributed by atoms with Crippen LogP contribution in [0.25, 0.3) is 11.3 Å². The van der Waals surface area contributed by atoms with Crippen molar-refractivity contribution in [2.75, 3.05) is 5.32 Å². The summed E-state index contributed by atoms with van der Waals surface area (Å²) >= 11 is 1.33. The first kappa shape index (κ1) is 16.1. The molecule has 1 aromatic heterocycles. The molecule has 0 bridgehead atoms. The van der Waals surface area contributed by atoms with Crippen molar-refractivity contribution in [1.29, 1.82) is 0 Å². The van der Waals surface area contributed by atoms with Gasteiger partial charge in [0, 0.05) is 10.9 Å². The fraction of sp³-hybridized carbons (Fsp3) is 0.111. The summed E-state index contributed by atoms with van der Waals surface area (Å²) in [6.07, 6.45) is -0.842. The lowest BCUT2D eigenvalue weighted by Crippen LogP contribution is -2.30. The van der Waals surface area contributed by atoms with E-state index in [0.29, 0.717) is 5.13 Å². The highest BCUT2D eigenvalue weighted by atomic mass is 32.1. The van der Waals surface area contributed by atoms with Crippen LogP contribution >= 0.6 is 11.3 Å². The second kappa shape index (κ2) is 7.23. The Bertz CT molecular complexity index is 836. The summed E-state index contributed by atoms with van der Waals surface area (Å²) < 4.78 is 18.9. The number of hydrogen-bond acceptors (Lipinski definition) is 4. The molecule has 1 N–H and O–H groups in total. The third-order valence-corrected chi connectivity index (χ3v) is 4.07. The van der Waals surface area contributed by atoms with Gasteiger partial charge in [-0.15, -0.1) is 11.3 Å². The monoisotopic (exact) mass is 342 g/mol. The van der Waals surface area contributed by atoms with Crippen molar-refractivity contribution < 1.29 is 13.9 Å². The lowest BCUT2D eigenvalue weighted by molar-refractivity contribution is -0.122. The second-order valence-corrected chi connectivity index (χ2v) is 5.94. The summed E-state index contributed by atoms with van der Waals surface area (Å²) in [4.78, 5) is 16.6. The molecular formula is C18H15FN2O2S. The number of benzene rings is 2. The molecule has 6 heteroatoms. The highest BCUT2D eigenvalue weighted by Crippen LogP contribution is 2.25. The molecule has 0 aliphatic heterocycles. The molecule has 1 heterocycles. The number of aromatic nitrogens is 1. The number of carbonyl (C=O) groups is 1. The summed E-state index contributed by atoms with van der Waals surface area (Å²) in [5.41, 5.74) is 1.77. The zero-order chi connectivity index (χ0) is 16.9. The number of nitrogens with one attached hydrogen (secondary N) is 1. The first-order valence-corrected chi connectivity index (χ1v) is 8.24. The van der Waals surface area contributed by atoms with Crippen molar-refractivity contribution in [2.24, 2.45) is 0 Å². The molecule has 122 valence electrons. The van der Waals surface area contributed by atoms with Crippen LogP contribution in [0.1, 0.15) is 6.92 Å². The fourth-order valence-electron chi connectivity index (χ4n) is 2.06. The van der Waals surface area contributed by atoms with Gasteiger partial charge in [0.25, 0.3) is 5.91 Å². The summed E-state index contributed by atoms with van der Waals surface area (Å²) in [6.45, 7) is 1.56. The van der Waals surface area contributed by atoms with E-state index in [1.807, 2.05) is 35.7 Å². The average molecular weight is 342 g/mol. The number of para-hydroxylation sites is 1. The van der Waals surface area contributed by atoms with Crippen molar-refractivity contribution >= 4 is 22.4 Å². The highest BCUT2D eigenvalue weighted by Gasteiger charge is 2.18. The van der Waals surface area contributed by atoms with E-state index in [9.17, 15) is 9.18 Å². The lowest BCUT2D eigenvalue weighted by Gasteiger charge is -2.14. The number of anilines is 1. The molecule has 3 aromatic rings. The molecule has 0 spiro atoms. The highest BCUT2D eigenvalue weighted by molar-refractivity contribution is 7.14. The summed E-state index contributed by atoms with van der Waals surface area (Å²) in [6, 6.07) is 15.7. The molecule has 0 saturated heterocycles. The van der Waals surface area contributed by atoms with Gasteiger partial charge in [-0.3, -0.25) is 10.1 Å². The maximum absolute atomic E-state index is 13.6. The van der Waals surface area contributed by atoms with Gasteiger partial charge in [-0.2, -0.15) is 0 Å². The first-order valence-electron chi connectivity index (χ1n) is 7.36. The molecule has 0 aliphatic carbocycles. The van der Waals surface area contributed by atoms with Crippen LogP contribution < -0.4 is 10.1 Å². The summed E-state index contributed by atoms with van der Waals surface area (Å²) in [5.74, 6) is -0.839. The minimum absolute atomic E-state index is 0.0456. The first-order chi connectivity index (χ1) is 11.6. The smallest absolute Gasteiger partial charge is 0.266 e. The van der Waals surface area contributed by atoms with Crippen LogP contribution in [0.3, 0.4) is 0 Å². The van der Waals surface area contributed by atoms with Gasteiger partial charge in [0.05, 0.1) is 5.69 Å². The normalized spacial score (nSPS) is 11.8. The average Bonchev–Trinajstić information content (AvgIpc) is 3.06. The molecular weight excluding hydrogens is 327 g/mol. The van der Waals surface area contributed by atoms with Crippen LogP contribution in [-0.2, 0) is 4.79 Å². The van der Waals surface area contributed by atoms with Gasteiger partial charge in [0.1, 0.15) is 0 Å². The Morgan fingerprint density at radius 1 is 1.17 bits per heavy atom. The Labute approximate surface area is 142 Å². The molecule has 0 radical (unpaired) electrons. The largest absolute Gasteiger partial charge is 0.478 e. The number of amides is 1. The molecule has 24 heavy (non-hydrogen) atoms. The van der Waals surface area contributed by atoms with E-state index in [0.717, 1.165) is 11.3 Å². The minimum atomic E-state index is -0.842. The van der Waals surface area contributed by atoms with Gasteiger partial charge in [0.2, 0.25) is 0 Å².